The van der Waals surface area contributed by atoms with Crippen molar-refractivity contribution in [2.24, 2.45) is 0 Å². The van der Waals surface area contributed by atoms with Gasteiger partial charge in [0.15, 0.2) is 4.21 Å². The van der Waals surface area contributed by atoms with Crippen LogP contribution in [-0.2, 0) is 10.0 Å². The highest BCUT2D eigenvalue weighted by atomic mass is 79.9. The molecule has 0 radical (unpaired) electrons. The summed E-state index contributed by atoms with van der Waals surface area (Å²) in [5, 5.41) is 11.2. The van der Waals surface area contributed by atoms with Crippen molar-refractivity contribution >= 4 is 43.0 Å². The average molecular weight is 348 g/mol. The molecule has 18 heavy (non-hydrogen) atoms. The Balaban J connectivity index is 2.40. The molecule has 0 saturated carbocycles. The number of hydrogen-bond donors (Lipinski definition) is 2. The van der Waals surface area contributed by atoms with Gasteiger partial charge in [0.2, 0.25) is 0 Å². The van der Waals surface area contributed by atoms with Gasteiger partial charge in [-0.25, -0.2) is 8.42 Å². The van der Waals surface area contributed by atoms with Crippen LogP contribution in [0.25, 0.3) is 0 Å². The van der Waals surface area contributed by atoms with Crippen LogP contribution in [0.3, 0.4) is 0 Å². The third-order valence-electron chi connectivity index (χ3n) is 2.38. The van der Waals surface area contributed by atoms with E-state index >= 15 is 0 Å². The van der Waals surface area contributed by atoms with E-state index in [4.69, 9.17) is 0 Å². The van der Waals surface area contributed by atoms with Gasteiger partial charge in [-0.05, 0) is 46.4 Å². The molecule has 0 bridgehead atoms. The molecule has 0 saturated heterocycles. The van der Waals surface area contributed by atoms with Gasteiger partial charge in [0, 0.05) is 10.0 Å². The van der Waals surface area contributed by atoms with E-state index in [1.54, 1.807) is 30.5 Å². The van der Waals surface area contributed by atoms with Gasteiger partial charge < -0.3 is 5.11 Å². The molecule has 0 unspecified atom stereocenters. The number of sulfonamides is 1. The zero-order chi connectivity index (χ0) is 13.3. The molecule has 0 aliphatic rings. The third kappa shape index (κ3) is 2.52. The van der Waals surface area contributed by atoms with Gasteiger partial charge in [-0.3, -0.25) is 4.72 Å². The molecule has 0 spiro atoms. The van der Waals surface area contributed by atoms with E-state index in [-0.39, 0.29) is 9.96 Å². The predicted molar refractivity (Wildman–Crippen MR) is 75.7 cm³/mol. The predicted octanol–water partition coefficient (Wildman–Crippen LogP) is 3.33. The lowest BCUT2D eigenvalue weighted by Crippen LogP contribution is -2.12. The van der Waals surface area contributed by atoms with Crippen LogP contribution in [0.1, 0.15) is 5.56 Å². The minimum atomic E-state index is -3.63. The van der Waals surface area contributed by atoms with Crippen LogP contribution in [0, 0.1) is 6.92 Å². The van der Waals surface area contributed by atoms with Crippen LogP contribution < -0.4 is 4.72 Å². The largest absolute Gasteiger partial charge is 0.508 e. The number of phenols is 1. The summed E-state index contributed by atoms with van der Waals surface area (Å²) in [6, 6.07) is 6.38. The monoisotopic (exact) mass is 347 g/mol. The Morgan fingerprint density at radius 2 is 2.06 bits per heavy atom. The maximum atomic E-state index is 12.1. The minimum absolute atomic E-state index is 0.0560. The van der Waals surface area contributed by atoms with Crippen molar-refractivity contribution in [2.45, 2.75) is 11.1 Å². The number of anilines is 1. The number of thiophene rings is 1. The van der Waals surface area contributed by atoms with E-state index < -0.39 is 10.0 Å². The zero-order valence-corrected chi connectivity index (χ0v) is 12.6. The zero-order valence-electron chi connectivity index (χ0n) is 9.34. The first-order chi connectivity index (χ1) is 8.42. The Morgan fingerprint density at radius 3 is 2.67 bits per heavy atom. The fraction of sp³-hybridized carbons (Fsp3) is 0.0909. The summed E-state index contributed by atoms with van der Waals surface area (Å²) in [5.74, 6) is 0.0560. The highest BCUT2D eigenvalue weighted by Crippen LogP contribution is 2.31. The van der Waals surface area contributed by atoms with Gasteiger partial charge in [0.25, 0.3) is 10.0 Å². The Bertz CT molecular complexity index is 679. The fourth-order valence-corrected chi connectivity index (χ4v) is 4.86. The van der Waals surface area contributed by atoms with E-state index in [9.17, 15) is 13.5 Å². The van der Waals surface area contributed by atoms with Crippen LogP contribution in [0.5, 0.6) is 5.75 Å². The number of aromatic hydroxyl groups is 1. The number of benzene rings is 1. The van der Waals surface area contributed by atoms with Crippen molar-refractivity contribution in [1.82, 2.24) is 0 Å². The van der Waals surface area contributed by atoms with Gasteiger partial charge in [-0.15, -0.1) is 11.3 Å². The number of phenolic OH excluding ortho intramolecular Hbond substituents is 1. The Morgan fingerprint density at radius 1 is 1.33 bits per heavy atom. The highest BCUT2D eigenvalue weighted by Gasteiger charge is 2.20. The first-order valence-corrected chi connectivity index (χ1v) is 8.12. The normalized spacial score (nSPS) is 11.4. The summed E-state index contributed by atoms with van der Waals surface area (Å²) in [5.41, 5.74) is 0.865. The summed E-state index contributed by atoms with van der Waals surface area (Å²) in [6.45, 7) is 1.65. The first kappa shape index (κ1) is 13.4. The molecule has 0 fully saturated rings. The van der Waals surface area contributed by atoms with Gasteiger partial charge in [-0.1, -0.05) is 6.07 Å². The summed E-state index contributed by atoms with van der Waals surface area (Å²) < 4.78 is 27.5. The standard InChI is InChI=1S/C11H10BrNO3S2/c1-7-9(3-2-4-10(7)14)13-18(15,16)11-8(12)5-6-17-11/h2-6,13-14H,1H3. The highest BCUT2D eigenvalue weighted by molar-refractivity contribution is 9.10. The number of nitrogens with one attached hydrogen (secondary N) is 1. The topological polar surface area (TPSA) is 66.4 Å². The Labute approximate surface area is 117 Å². The van der Waals surface area contributed by atoms with E-state index in [1.807, 2.05) is 0 Å². The SMILES string of the molecule is Cc1c(O)cccc1NS(=O)(=O)c1sccc1Br. The Kier molecular flexibility index (Phi) is 3.65. The van der Waals surface area contributed by atoms with Crippen LogP contribution in [-0.4, -0.2) is 13.5 Å². The van der Waals surface area contributed by atoms with Gasteiger partial charge in [0.05, 0.1) is 5.69 Å². The maximum Gasteiger partial charge on any atom is 0.272 e. The van der Waals surface area contributed by atoms with Gasteiger partial charge in [-0.2, -0.15) is 0 Å². The van der Waals surface area contributed by atoms with Crippen molar-refractivity contribution in [2.75, 3.05) is 4.72 Å². The number of halogens is 1. The summed E-state index contributed by atoms with van der Waals surface area (Å²) in [6.07, 6.45) is 0. The number of hydrogen-bond acceptors (Lipinski definition) is 4. The lowest BCUT2D eigenvalue weighted by Gasteiger charge is -2.10. The van der Waals surface area contributed by atoms with Gasteiger partial charge >= 0.3 is 0 Å². The quantitative estimate of drug-likeness (QED) is 0.894. The van der Waals surface area contributed by atoms with E-state index in [0.717, 1.165) is 11.3 Å². The average Bonchev–Trinajstić information content (AvgIpc) is 2.72. The third-order valence-corrected chi connectivity index (χ3v) is 6.41. The van der Waals surface area contributed by atoms with Crippen LogP contribution in [0.2, 0.25) is 0 Å². The van der Waals surface area contributed by atoms with Crippen LogP contribution in [0.4, 0.5) is 5.69 Å². The van der Waals surface area contributed by atoms with E-state index in [2.05, 4.69) is 20.7 Å². The molecule has 0 aliphatic carbocycles. The molecular weight excluding hydrogens is 338 g/mol. The smallest absolute Gasteiger partial charge is 0.272 e. The number of rotatable bonds is 3. The van der Waals surface area contributed by atoms with Crippen molar-refractivity contribution in [3.63, 3.8) is 0 Å². The van der Waals surface area contributed by atoms with Crippen LogP contribution >= 0.6 is 27.3 Å². The maximum absolute atomic E-state index is 12.1. The molecule has 2 N–H and O–H groups in total. The van der Waals surface area contributed by atoms with Crippen molar-refractivity contribution in [3.05, 3.63) is 39.7 Å². The molecule has 2 aromatic rings. The molecule has 1 aromatic heterocycles. The molecule has 4 nitrogen and oxygen atoms in total. The van der Waals surface area contributed by atoms with Crippen molar-refractivity contribution in [3.8, 4) is 5.75 Å². The summed E-state index contributed by atoms with van der Waals surface area (Å²) in [7, 11) is -3.63. The van der Waals surface area contributed by atoms with Gasteiger partial charge in [0.1, 0.15) is 5.75 Å². The molecular formula is C11H10BrNO3S2. The lowest BCUT2D eigenvalue weighted by molar-refractivity contribution is 0.471. The lowest BCUT2D eigenvalue weighted by atomic mass is 10.2. The minimum Gasteiger partial charge on any atom is -0.508 e. The molecule has 0 atom stereocenters. The molecule has 96 valence electrons. The van der Waals surface area contributed by atoms with Crippen molar-refractivity contribution in [1.29, 1.82) is 0 Å². The molecule has 7 heteroatoms. The second kappa shape index (κ2) is 4.91. The first-order valence-electron chi connectivity index (χ1n) is 4.96. The molecule has 2 rings (SSSR count). The molecule has 1 heterocycles. The second-order valence-electron chi connectivity index (χ2n) is 3.61. The summed E-state index contributed by atoms with van der Waals surface area (Å²) >= 11 is 4.32. The second-order valence-corrected chi connectivity index (χ2v) is 7.26. The van der Waals surface area contributed by atoms with Crippen LogP contribution in [0.15, 0.2) is 38.3 Å². The molecule has 0 aliphatic heterocycles. The van der Waals surface area contributed by atoms with Crippen molar-refractivity contribution < 1.29 is 13.5 Å². The summed E-state index contributed by atoms with van der Waals surface area (Å²) in [4.78, 5) is 0. The molecule has 0 amide bonds. The fourth-order valence-electron chi connectivity index (χ4n) is 1.40. The van der Waals surface area contributed by atoms with E-state index in [1.165, 1.54) is 6.07 Å². The Hall–Kier alpha value is -1.05. The van der Waals surface area contributed by atoms with E-state index in [0.29, 0.717) is 15.7 Å². The molecule has 1 aromatic carbocycles.